The van der Waals surface area contributed by atoms with E-state index in [2.05, 4.69) is 19.9 Å². The van der Waals surface area contributed by atoms with E-state index in [1.54, 1.807) is 12.4 Å². The second-order valence-corrected chi connectivity index (χ2v) is 3.36. The van der Waals surface area contributed by atoms with E-state index in [-0.39, 0.29) is 0 Å². The first-order valence-electron chi connectivity index (χ1n) is 4.91. The van der Waals surface area contributed by atoms with E-state index >= 15 is 0 Å². The van der Waals surface area contributed by atoms with Crippen molar-refractivity contribution in [3.05, 3.63) is 40.5 Å². The van der Waals surface area contributed by atoms with Crippen molar-refractivity contribution in [1.82, 2.24) is 9.88 Å². The Hall–Kier alpha value is -1.58. The van der Waals surface area contributed by atoms with Crippen LogP contribution in [0.1, 0.15) is 5.56 Å². The molecule has 1 aromatic rings. The highest BCUT2D eigenvalue weighted by molar-refractivity contribution is 5.09. The minimum atomic E-state index is 0.531. The van der Waals surface area contributed by atoms with Gasteiger partial charge in [-0.15, -0.1) is 0 Å². The van der Waals surface area contributed by atoms with Crippen molar-refractivity contribution in [3.63, 3.8) is 0 Å². The van der Waals surface area contributed by atoms with Crippen LogP contribution in [0.5, 0.6) is 0 Å². The lowest BCUT2D eigenvalue weighted by atomic mass is 10.2. The van der Waals surface area contributed by atoms with Crippen LogP contribution in [-0.4, -0.2) is 36.6 Å². The molecule has 5 heteroatoms. The highest BCUT2D eigenvalue weighted by Crippen LogP contribution is 1.98. The van der Waals surface area contributed by atoms with Crippen LogP contribution in [0.2, 0.25) is 0 Å². The highest BCUT2D eigenvalue weighted by atomic mass is 15.2. The molecule has 0 aliphatic rings. The van der Waals surface area contributed by atoms with Crippen LogP contribution >= 0.6 is 0 Å². The van der Waals surface area contributed by atoms with E-state index in [1.807, 2.05) is 19.2 Å². The van der Waals surface area contributed by atoms with Gasteiger partial charge in [-0.3, -0.25) is 4.98 Å². The monoisotopic (exact) mass is 205 g/mol. The fourth-order valence-electron chi connectivity index (χ4n) is 1.24. The maximum Gasteiger partial charge on any atom is 0.0385 e. The molecule has 0 unspecified atom stereocenters. The van der Waals surface area contributed by atoms with Crippen LogP contribution in [0.3, 0.4) is 0 Å². The molecule has 0 spiro atoms. The first-order chi connectivity index (χ1) is 7.33. The average Bonchev–Trinajstić information content (AvgIpc) is 2.28. The van der Waals surface area contributed by atoms with Crippen molar-refractivity contribution in [2.24, 2.45) is 5.11 Å². The largest absolute Gasteiger partial charge is 0.306 e. The predicted molar refractivity (Wildman–Crippen MR) is 59.5 cm³/mol. The summed E-state index contributed by atoms with van der Waals surface area (Å²) in [5.41, 5.74) is 9.40. The van der Waals surface area contributed by atoms with Gasteiger partial charge in [-0.1, -0.05) is 5.11 Å². The maximum absolute atomic E-state index is 8.12. The zero-order chi connectivity index (χ0) is 10.9. The number of rotatable bonds is 6. The summed E-state index contributed by atoms with van der Waals surface area (Å²) in [6.07, 6.45) is 4.60. The number of hydrogen-bond acceptors (Lipinski definition) is 3. The number of hydrogen-bond donors (Lipinski definition) is 0. The molecule has 5 nitrogen and oxygen atoms in total. The molecule has 0 bridgehead atoms. The molecule has 0 saturated carbocycles. The smallest absolute Gasteiger partial charge is 0.0385 e. The van der Waals surface area contributed by atoms with Gasteiger partial charge in [0.05, 0.1) is 0 Å². The molecular weight excluding hydrogens is 190 g/mol. The highest BCUT2D eigenvalue weighted by Gasteiger charge is 1.97. The summed E-state index contributed by atoms with van der Waals surface area (Å²) in [7, 11) is 2.02. The normalized spacial score (nSPS) is 10.0. The third kappa shape index (κ3) is 5.00. The summed E-state index contributed by atoms with van der Waals surface area (Å²) in [4.78, 5) is 8.83. The molecule has 1 heterocycles. The van der Waals surface area contributed by atoms with Gasteiger partial charge in [0.25, 0.3) is 0 Å². The third-order valence-corrected chi connectivity index (χ3v) is 2.18. The van der Waals surface area contributed by atoms with Crippen LogP contribution in [0.4, 0.5) is 0 Å². The maximum atomic E-state index is 8.12. The molecule has 15 heavy (non-hydrogen) atoms. The fourth-order valence-corrected chi connectivity index (χ4v) is 1.24. The van der Waals surface area contributed by atoms with E-state index in [0.29, 0.717) is 6.54 Å². The molecule has 0 N–H and O–H groups in total. The van der Waals surface area contributed by atoms with E-state index in [1.165, 1.54) is 5.56 Å². The van der Waals surface area contributed by atoms with Crippen molar-refractivity contribution < 1.29 is 0 Å². The van der Waals surface area contributed by atoms with E-state index in [4.69, 9.17) is 5.53 Å². The third-order valence-electron chi connectivity index (χ3n) is 2.18. The lowest BCUT2D eigenvalue weighted by molar-refractivity contribution is 0.348. The lowest BCUT2D eigenvalue weighted by Crippen LogP contribution is -2.24. The van der Waals surface area contributed by atoms with Gasteiger partial charge < -0.3 is 4.90 Å². The Kier molecular flexibility index (Phi) is 5.22. The number of likely N-dealkylation sites (N-methyl/N-ethyl adjacent to an activating group) is 1. The van der Waals surface area contributed by atoms with Gasteiger partial charge in [0.15, 0.2) is 0 Å². The second kappa shape index (κ2) is 6.81. The van der Waals surface area contributed by atoms with E-state index in [9.17, 15) is 0 Å². The van der Waals surface area contributed by atoms with Gasteiger partial charge >= 0.3 is 0 Å². The molecule has 1 rings (SSSR count). The average molecular weight is 205 g/mol. The minimum absolute atomic E-state index is 0.531. The standard InChI is InChI=1S/C10H15N5/c1-15(9-7-13-14-11)8-4-10-2-5-12-6-3-10/h2-3,5-6H,4,7-9H2,1H3. The van der Waals surface area contributed by atoms with Gasteiger partial charge in [-0.05, 0) is 36.7 Å². The van der Waals surface area contributed by atoms with Crippen molar-refractivity contribution in [2.75, 3.05) is 26.7 Å². The Labute approximate surface area is 89.4 Å². The summed E-state index contributed by atoms with van der Waals surface area (Å²) >= 11 is 0. The molecule has 80 valence electrons. The molecule has 0 saturated heterocycles. The molecule has 0 aliphatic heterocycles. The van der Waals surface area contributed by atoms with Crippen LogP contribution in [0.25, 0.3) is 10.4 Å². The first-order valence-corrected chi connectivity index (χ1v) is 4.91. The molecule has 0 fully saturated rings. The van der Waals surface area contributed by atoms with Crippen molar-refractivity contribution in [3.8, 4) is 0 Å². The van der Waals surface area contributed by atoms with Gasteiger partial charge in [0.1, 0.15) is 0 Å². The molecule has 0 atom stereocenters. The molecule has 0 radical (unpaired) electrons. The van der Waals surface area contributed by atoms with Crippen molar-refractivity contribution in [1.29, 1.82) is 0 Å². The van der Waals surface area contributed by atoms with Crippen LogP contribution < -0.4 is 0 Å². The van der Waals surface area contributed by atoms with Gasteiger partial charge in [0, 0.05) is 36.9 Å². The summed E-state index contributed by atoms with van der Waals surface area (Å²) in [6.45, 7) is 2.30. The zero-order valence-electron chi connectivity index (χ0n) is 8.87. The second-order valence-electron chi connectivity index (χ2n) is 3.36. The summed E-state index contributed by atoms with van der Waals surface area (Å²) in [6, 6.07) is 4.03. The lowest BCUT2D eigenvalue weighted by Gasteiger charge is -2.14. The SMILES string of the molecule is CN(CCN=[N+]=[N-])CCc1ccncc1. The first kappa shape index (κ1) is 11.5. The zero-order valence-corrected chi connectivity index (χ0v) is 8.87. The molecule has 0 aliphatic carbocycles. The molecular formula is C10H15N5. The van der Waals surface area contributed by atoms with Gasteiger partial charge in [-0.25, -0.2) is 0 Å². The topological polar surface area (TPSA) is 64.9 Å². The molecule has 0 amide bonds. The number of nitrogens with zero attached hydrogens (tertiary/aromatic N) is 5. The van der Waals surface area contributed by atoms with Gasteiger partial charge in [0.2, 0.25) is 0 Å². The Bertz CT molecular complexity index is 318. The van der Waals surface area contributed by atoms with E-state index in [0.717, 1.165) is 19.5 Å². The van der Waals surface area contributed by atoms with Crippen LogP contribution in [-0.2, 0) is 6.42 Å². The van der Waals surface area contributed by atoms with Crippen molar-refractivity contribution in [2.45, 2.75) is 6.42 Å². The number of azide groups is 1. The Morgan fingerprint density at radius 3 is 2.80 bits per heavy atom. The number of aromatic nitrogens is 1. The minimum Gasteiger partial charge on any atom is -0.306 e. The molecule has 1 aromatic heterocycles. The quantitative estimate of drug-likeness (QED) is 0.404. The summed E-state index contributed by atoms with van der Waals surface area (Å²) < 4.78 is 0. The van der Waals surface area contributed by atoms with Crippen LogP contribution in [0, 0.1) is 0 Å². The van der Waals surface area contributed by atoms with Crippen molar-refractivity contribution >= 4 is 0 Å². The summed E-state index contributed by atoms with van der Waals surface area (Å²) in [5.74, 6) is 0. The Morgan fingerprint density at radius 1 is 1.40 bits per heavy atom. The Morgan fingerprint density at radius 2 is 2.13 bits per heavy atom. The van der Waals surface area contributed by atoms with E-state index < -0.39 is 0 Å². The summed E-state index contributed by atoms with van der Waals surface area (Å²) in [5, 5.41) is 3.50. The predicted octanol–water partition coefficient (Wildman–Crippen LogP) is 1.87. The number of pyridine rings is 1. The van der Waals surface area contributed by atoms with Gasteiger partial charge in [-0.2, -0.15) is 0 Å². The fraction of sp³-hybridized carbons (Fsp3) is 0.500. The Balaban J connectivity index is 2.22. The molecule has 0 aromatic carbocycles. The van der Waals surface area contributed by atoms with Crippen LogP contribution in [0.15, 0.2) is 29.6 Å².